The van der Waals surface area contributed by atoms with Gasteiger partial charge in [-0.1, -0.05) is 0 Å². The summed E-state index contributed by atoms with van der Waals surface area (Å²) in [5, 5.41) is 0. The van der Waals surface area contributed by atoms with Crippen molar-refractivity contribution in [2.45, 2.75) is 20.3 Å². The van der Waals surface area contributed by atoms with E-state index in [2.05, 4.69) is 4.98 Å². The highest BCUT2D eigenvalue weighted by Gasteiger charge is 2.24. The van der Waals surface area contributed by atoms with E-state index in [4.69, 9.17) is 0 Å². The Kier molecular flexibility index (Phi) is 2.44. The summed E-state index contributed by atoms with van der Waals surface area (Å²) >= 11 is 0. The van der Waals surface area contributed by atoms with Crippen LogP contribution in [-0.2, 0) is 6.44 Å². The standard InChI is InChI=1S/C10H11BF3N2/c1-7-3-9-10(4-8(7)2)16(6-15-9)5-11(12,13)14/h3-4,6H,5H2,1-2H3/q-1. The van der Waals surface area contributed by atoms with E-state index in [9.17, 15) is 12.9 Å². The Bertz CT molecular complexity index is 531. The number of hydrogen-bond acceptors (Lipinski definition) is 1. The quantitative estimate of drug-likeness (QED) is 0.721. The van der Waals surface area contributed by atoms with Gasteiger partial charge in [0.2, 0.25) is 0 Å². The van der Waals surface area contributed by atoms with E-state index in [0.717, 1.165) is 15.7 Å². The van der Waals surface area contributed by atoms with Crippen molar-refractivity contribution in [2.24, 2.45) is 0 Å². The molecule has 0 saturated carbocycles. The molecule has 0 bridgehead atoms. The van der Waals surface area contributed by atoms with Gasteiger partial charge in [0.15, 0.2) is 0 Å². The average Bonchev–Trinajstić information content (AvgIpc) is 2.47. The van der Waals surface area contributed by atoms with Gasteiger partial charge in [-0.25, -0.2) is 4.98 Å². The number of benzene rings is 1. The van der Waals surface area contributed by atoms with Gasteiger partial charge in [-0.2, -0.15) is 0 Å². The van der Waals surface area contributed by atoms with Gasteiger partial charge in [0.05, 0.1) is 17.4 Å². The molecule has 0 N–H and O–H groups in total. The summed E-state index contributed by atoms with van der Waals surface area (Å²) < 4.78 is 38.2. The SMILES string of the molecule is Cc1cc2ncn(C[B-](F)(F)F)c2cc1C. The molecule has 2 aromatic rings. The molecule has 0 radical (unpaired) electrons. The number of halogens is 3. The molecular weight excluding hydrogens is 216 g/mol. The van der Waals surface area contributed by atoms with Crippen LogP contribution < -0.4 is 0 Å². The lowest BCUT2D eigenvalue weighted by Gasteiger charge is -2.15. The predicted octanol–water partition coefficient (Wildman–Crippen LogP) is 3.04. The summed E-state index contributed by atoms with van der Waals surface area (Å²) in [5.74, 6) is 0. The first kappa shape index (κ1) is 11.0. The number of nitrogens with zero attached hydrogens (tertiary/aromatic N) is 2. The van der Waals surface area contributed by atoms with E-state index in [-0.39, 0.29) is 0 Å². The molecule has 6 heteroatoms. The first-order valence-corrected chi connectivity index (χ1v) is 5.00. The van der Waals surface area contributed by atoms with Gasteiger partial charge in [0.25, 0.3) is 0 Å². The van der Waals surface area contributed by atoms with Gasteiger partial charge >= 0.3 is 6.98 Å². The van der Waals surface area contributed by atoms with Crippen molar-refractivity contribution >= 4 is 18.0 Å². The molecule has 0 saturated heterocycles. The fourth-order valence-corrected chi connectivity index (χ4v) is 1.68. The van der Waals surface area contributed by atoms with Crippen LogP contribution in [0.3, 0.4) is 0 Å². The molecule has 2 nitrogen and oxygen atoms in total. The first-order chi connectivity index (χ1) is 7.37. The third-order valence-corrected chi connectivity index (χ3v) is 2.64. The van der Waals surface area contributed by atoms with Crippen LogP contribution in [0.25, 0.3) is 11.0 Å². The zero-order chi connectivity index (χ0) is 11.9. The topological polar surface area (TPSA) is 17.8 Å². The largest absolute Gasteiger partial charge is 0.497 e. The van der Waals surface area contributed by atoms with Crippen LogP contribution in [0.2, 0.25) is 0 Å². The summed E-state index contributed by atoms with van der Waals surface area (Å²) in [6.07, 6.45) is 0.317. The van der Waals surface area contributed by atoms with Crippen molar-refractivity contribution in [2.75, 3.05) is 0 Å². The van der Waals surface area contributed by atoms with E-state index in [1.165, 1.54) is 6.33 Å². The van der Waals surface area contributed by atoms with E-state index >= 15 is 0 Å². The third kappa shape index (κ3) is 2.05. The van der Waals surface area contributed by atoms with Gasteiger partial charge in [0, 0.05) is 0 Å². The Hall–Kier alpha value is -1.46. The second-order valence-electron chi connectivity index (χ2n) is 4.03. The van der Waals surface area contributed by atoms with Crippen LogP contribution in [0.15, 0.2) is 18.5 Å². The molecule has 1 aromatic heterocycles. The van der Waals surface area contributed by atoms with Crippen LogP contribution in [0.4, 0.5) is 12.9 Å². The molecule has 1 aromatic carbocycles. The summed E-state index contributed by atoms with van der Waals surface area (Å²) in [6.45, 7) is -1.03. The van der Waals surface area contributed by atoms with Gasteiger partial charge in [-0.3, -0.25) is 0 Å². The highest BCUT2D eigenvalue weighted by Crippen LogP contribution is 2.21. The lowest BCUT2D eigenvalue weighted by atomic mass is 9.92. The molecule has 0 amide bonds. The molecule has 0 aliphatic rings. The molecule has 1 heterocycles. The molecule has 0 aliphatic carbocycles. The van der Waals surface area contributed by atoms with Gasteiger partial charge in [0.1, 0.15) is 0 Å². The smallest absolute Gasteiger partial charge is 0.448 e. The lowest BCUT2D eigenvalue weighted by Crippen LogP contribution is -2.23. The van der Waals surface area contributed by atoms with Crippen LogP contribution >= 0.6 is 0 Å². The Morgan fingerprint density at radius 2 is 1.81 bits per heavy atom. The minimum atomic E-state index is -4.83. The number of aryl methyl sites for hydroxylation is 2. The predicted molar refractivity (Wildman–Crippen MR) is 58.3 cm³/mol. The minimum absolute atomic E-state index is 0.544. The maximum Gasteiger partial charge on any atom is 0.497 e. The minimum Gasteiger partial charge on any atom is -0.448 e. The molecule has 16 heavy (non-hydrogen) atoms. The van der Waals surface area contributed by atoms with E-state index in [0.29, 0.717) is 11.0 Å². The third-order valence-electron chi connectivity index (χ3n) is 2.64. The second-order valence-corrected chi connectivity index (χ2v) is 4.03. The lowest BCUT2D eigenvalue weighted by molar-refractivity contribution is 0.447. The molecule has 0 atom stereocenters. The van der Waals surface area contributed by atoms with Crippen molar-refractivity contribution in [3.05, 3.63) is 29.6 Å². The molecule has 86 valence electrons. The number of aromatic nitrogens is 2. The molecule has 0 spiro atoms. The zero-order valence-corrected chi connectivity index (χ0v) is 9.04. The van der Waals surface area contributed by atoms with Gasteiger partial charge in [-0.15, -0.1) is 0 Å². The Morgan fingerprint density at radius 3 is 2.44 bits per heavy atom. The Labute approximate surface area is 91.1 Å². The van der Waals surface area contributed by atoms with E-state index in [1.54, 1.807) is 6.07 Å². The van der Waals surface area contributed by atoms with Crippen LogP contribution in [0.5, 0.6) is 0 Å². The maximum atomic E-state index is 12.3. The van der Waals surface area contributed by atoms with Crippen LogP contribution in [-0.4, -0.2) is 16.5 Å². The van der Waals surface area contributed by atoms with Crippen LogP contribution in [0.1, 0.15) is 11.1 Å². The van der Waals surface area contributed by atoms with Crippen molar-refractivity contribution in [1.82, 2.24) is 9.55 Å². The van der Waals surface area contributed by atoms with Crippen molar-refractivity contribution in [3.8, 4) is 0 Å². The number of fused-ring (bicyclic) bond motifs is 1. The van der Waals surface area contributed by atoms with Gasteiger partial charge < -0.3 is 17.5 Å². The van der Waals surface area contributed by atoms with Crippen molar-refractivity contribution in [3.63, 3.8) is 0 Å². The molecule has 0 fully saturated rings. The van der Waals surface area contributed by atoms with Crippen LogP contribution in [0, 0.1) is 13.8 Å². The maximum absolute atomic E-state index is 12.3. The monoisotopic (exact) mass is 227 g/mol. The highest BCUT2D eigenvalue weighted by molar-refractivity contribution is 6.57. The summed E-state index contributed by atoms with van der Waals surface area (Å²) in [5.41, 5.74) is 3.17. The molecule has 0 unspecified atom stereocenters. The van der Waals surface area contributed by atoms with E-state index in [1.807, 2.05) is 19.9 Å². The molecule has 2 rings (SSSR count). The summed E-state index contributed by atoms with van der Waals surface area (Å²) in [4.78, 5) is 3.98. The van der Waals surface area contributed by atoms with Gasteiger partial charge in [-0.05, 0) is 43.6 Å². The van der Waals surface area contributed by atoms with E-state index < -0.39 is 13.4 Å². The molecular formula is C10H11BF3N2-. The normalized spacial score (nSPS) is 12.3. The molecule has 0 aliphatic heterocycles. The number of imidazole rings is 1. The summed E-state index contributed by atoms with van der Waals surface area (Å²) in [7, 11) is 0. The Balaban J connectivity index is 2.52. The number of hydrogen-bond donors (Lipinski definition) is 0. The highest BCUT2D eigenvalue weighted by atomic mass is 19.4. The van der Waals surface area contributed by atoms with Crippen molar-refractivity contribution < 1.29 is 12.9 Å². The number of rotatable bonds is 2. The zero-order valence-electron chi connectivity index (χ0n) is 9.04. The second kappa shape index (κ2) is 3.54. The average molecular weight is 227 g/mol. The summed E-state index contributed by atoms with van der Waals surface area (Å²) in [6, 6.07) is 3.56. The first-order valence-electron chi connectivity index (χ1n) is 5.00. The van der Waals surface area contributed by atoms with Crippen molar-refractivity contribution in [1.29, 1.82) is 0 Å². The Morgan fingerprint density at radius 1 is 1.19 bits per heavy atom. The fourth-order valence-electron chi connectivity index (χ4n) is 1.68. The fraction of sp³-hybridized carbons (Fsp3) is 0.300.